The predicted molar refractivity (Wildman–Crippen MR) is 57.2 cm³/mol. The van der Waals surface area contributed by atoms with Crippen LogP contribution in [-0.4, -0.2) is 29.8 Å². The zero-order valence-electron chi connectivity index (χ0n) is 9.33. The zero-order chi connectivity index (χ0) is 10.1. The van der Waals surface area contributed by atoms with Crippen molar-refractivity contribution < 1.29 is 4.79 Å². The van der Waals surface area contributed by atoms with Gasteiger partial charge in [-0.25, -0.2) is 0 Å². The first-order valence-electron chi connectivity index (χ1n) is 5.94. The van der Waals surface area contributed by atoms with Gasteiger partial charge in [-0.3, -0.25) is 9.69 Å². The minimum Gasteiger partial charge on any atom is -0.298 e. The first-order valence-corrected chi connectivity index (χ1v) is 5.94. The van der Waals surface area contributed by atoms with Gasteiger partial charge in [0.15, 0.2) is 0 Å². The fourth-order valence-corrected chi connectivity index (χ4v) is 3.01. The molecule has 0 amide bonds. The standard InChI is InChI=1S/C12H21NO/c1-9-4-3-5-12(10(9)2)13-7-6-11(14)8-13/h9-10,12H,3-8H2,1-2H3. The summed E-state index contributed by atoms with van der Waals surface area (Å²) in [7, 11) is 0. The third-order valence-electron chi connectivity index (χ3n) is 4.19. The summed E-state index contributed by atoms with van der Waals surface area (Å²) in [6.45, 7) is 6.45. The average Bonchev–Trinajstić information content (AvgIpc) is 2.57. The minimum absolute atomic E-state index is 0.440. The minimum atomic E-state index is 0.440. The molecular formula is C12H21NO. The zero-order valence-corrected chi connectivity index (χ0v) is 9.33. The van der Waals surface area contributed by atoms with Crippen LogP contribution in [-0.2, 0) is 4.79 Å². The van der Waals surface area contributed by atoms with E-state index >= 15 is 0 Å². The summed E-state index contributed by atoms with van der Waals surface area (Å²) in [4.78, 5) is 13.7. The summed E-state index contributed by atoms with van der Waals surface area (Å²) in [5, 5.41) is 0. The van der Waals surface area contributed by atoms with Gasteiger partial charge >= 0.3 is 0 Å². The van der Waals surface area contributed by atoms with Gasteiger partial charge in [0.1, 0.15) is 5.78 Å². The van der Waals surface area contributed by atoms with Gasteiger partial charge in [0, 0.05) is 19.0 Å². The summed E-state index contributed by atoms with van der Waals surface area (Å²) >= 11 is 0. The highest BCUT2D eigenvalue weighted by Gasteiger charge is 2.34. The van der Waals surface area contributed by atoms with Crippen LogP contribution in [0.3, 0.4) is 0 Å². The van der Waals surface area contributed by atoms with Crippen LogP contribution in [0.5, 0.6) is 0 Å². The van der Waals surface area contributed by atoms with Gasteiger partial charge in [-0.2, -0.15) is 0 Å². The van der Waals surface area contributed by atoms with Gasteiger partial charge < -0.3 is 0 Å². The molecule has 0 aromatic carbocycles. The third kappa shape index (κ3) is 1.85. The Labute approximate surface area is 86.7 Å². The molecule has 1 saturated heterocycles. The van der Waals surface area contributed by atoms with E-state index in [1.807, 2.05) is 0 Å². The van der Waals surface area contributed by atoms with E-state index in [1.165, 1.54) is 19.3 Å². The summed E-state index contributed by atoms with van der Waals surface area (Å²) in [5.41, 5.74) is 0. The molecule has 1 saturated carbocycles. The summed E-state index contributed by atoms with van der Waals surface area (Å²) < 4.78 is 0. The molecule has 2 rings (SSSR count). The molecule has 3 unspecified atom stereocenters. The fraction of sp³-hybridized carbons (Fsp3) is 0.917. The highest BCUT2D eigenvalue weighted by molar-refractivity contribution is 5.82. The second-order valence-corrected chi connectivity index (χ2v) is 5.09. The van der Waals surface area contributed by atoms with Crippen LogP contribution in [0.25, 0.3) is 0 Å². The van der Waals surface area contributed by atoms with Crippen LogP contribution in [0.2, 0.25) is 0 Å². The Hall–Kier alpha value is -0.370. The maximum atomic E-state index is 11.2. The van der Waals surface area contributed by atoms with E-state index in [4.69, 9.17) is 0 Å². The molecule has 3 atom stereocenters. The SMILES string of the molecule is CC1CCCC(N2CCC(=O)C2)C1C. The van der Waals surface area contributed by atoms with Gasteiger partial charge in [0.2, 0.25) is 0 Å². The molecular weight excluding hydrogens is 174 g/mol. The molecule has 1 aliphatic carbocycles. The number of rotatable bonds is 1. The first-order chi connectivity index (χ1) is 6.68. The van der Waals surface area contributed by atoms with Crippen molar-refractivity contribution in [1.29, 1.82) is 0 Å². The van der Waals surface area contributed by atoms with Crippen molar-refractivity contribution >= 4 is 5.78 Å². The highest BCUT2D eigenvalue weighted by atomic mass is 16.1. The summed E-state index contributed by atoms with van der Waals surface area (Å²) in [6, 6.07) is 0.685. The second kappa shape index (κ2) is 4.01. The summed E-state index contributed by atoms with van der Waals surface area (Å²) in [6.07, 6.45) is 4.82. The quantitative estimate of drug-likeness (QED) is 0.638. The Bertz CT molecular complexity index is 226. The van der Waals surface area contributed by atoms with Gasteiger partial charge in [-0.1, -0.05) is 26.7 Å². The number of likely N-dealkylation sites (tertiary alicyclic amines) is 1. The van der Waals surface area contributed by atoms with Crippen LogP contribution < -0.4 is 0 Å². The number of hydrogen-bond acceptors (Lipinski definition) is 2. The number of nitrogens with zero attached hydrogens (tertiary/aromatic N) is 1. The molecule has 0 spiro atoms. The molecule has 2 heteroatoms. The molecule has 0 aromatic heterocycles. The van der Waals surface area contributed by atoms with E-state index < -0.39 is 0 Å². The van der Waals surface area contributed by atoms with Crippen molar-refractivity contribution in [2.45, 2.75) is 45.6 Å². The van der Waals surface area contributed by atoms with Gasteiger partial charge in [-0.05, 0) is 18.3 Å². The van der Waals surface area contributed by atoms with E-state index in [0.717, 1.165) is 31.3 Å². The molecule has 1 aliphatic heterocycles. The Balaban J connectivity index is 1.98. The lowest BCUT2D eigenvalue weighted by atomic mass is 9.77. The van der Waals surface area contributed by atoms with E-state index in [1.54, 1.807) is 0 Å². The van der Waals surface area contributed by atoms with Crippen molar-refractivity contribution in [3.05, 3.63) is 0 Å². The number of Topliss-reactive ketones (excluding diaryl/α,β-unsaturated/α-hetero) is 1. The van der Waals surface area contributed by atoms with Crippen LogP contribution in [0.15, 0.2) is 0 Å². The predicted octanol–water partition coefficient (Wildman–Crippen LogP) is 2.09. The average molecular weight is 195 g/mol. The van der Waals surface area contributed by atoms with Gasteiger partial charge in [-0.15, -0.1) is 0 Å². The molecule has 80 valence electrons. The maximum Gasteiger partial charge on any atom is 0.148 e. The van der Waals surface area contributed by atoms with E-state index in [9.17, 15) is 4.79 Å². The smallest absolute Gasteiger partial charge is 0.148 e. The molecule has 0 bridgehead atoms. The van der Waals surface area contributed by atoms with Crippen molar-refractivity contribution in [1.82, 2.24) is 4.90 Å². The molecule has 14 heavy (non-hydrogen) atoms. The number of carbonyl (C=O) groups excluding carboxylic acids is 1. The molecule has 0 aromatic rings. The Morgan fingerprint density at radius 2 is 2.07 bits per heavy atom. The van der Waals surface area contributed by atoms with Gasteiger partial charge in [0.25, 0.3) is 0 Å². The fourth-order valence-electron chi connectivity index (χ4n) is 3.01. The van der Waals surface area contributed by atoms with Crippen LogP contribution in [0.1, 0.15) is 39.5 Å². The Morgan fingerprint density at radius 3 is 2.71 bits per heavy atom. The first kappa shape index (κ1) is 10.2. The lowest BCUT2D eigenvalue weighted by Gasteiger charge is -2.39. The third-order valence-corrected chi connectivity index (χ3v) is 4.19. The molecule has 2 fully saturated rings. The van der Waals surface area contributed by atoms with Crippen LogP contribution in [0.4, 0.5) is 0 Å². The van der Waals surface area contributed by atoms with Crippen LogP contribution in [0, 0.1) is 11.8 Å². The molecule has 0 N–H and O–H groups in total. The van der Waals surface area contributed by atoms with E-state index in [2.05, 4.69) is 18.7 Å². The molecule has 2 nitrogen and oxygen atoms in total. The number of ketones is 1. The Kier molecular flexibility index (Phi) is 2.91. The Morgan fingerprint density at radius 1 is 1.29 bits per heavy atom. The van der Waals surface area contributed by atoms with E-state index in [-0.39, 0.29) is 0 Å². The number of hydrogen-bond donors (Lipinski definition) is 0. The van der Waals surface area contributed by atoms with Crippen LogP contribution >= 0.6 is 0 Å². The van der Waals surface area contributed by atoms with Crippen molar-refractivity contribution in [3.8, 4) is 0 Å². The molecule has 1 heterocycles. The topological polar surface area (TPSA) is 20.3 Å². The lowest BCUT2D eigenvalue weighted by molar-refractivity contribution is -0.117. The van der Waals surface area contributed by atoms with Crippen molar-refractivity contribution in [3.63, 3.8) is 0 Å². The largest absolute Gasteiger partial charge is 0.298 e. The highest BCUT2D eigenvalue weighted by Crippen LogP contribution is 2.33. The molecule has 0 radical (unpaired) electrons. The van der Waals surface area contributed by atoms with Gasteiger partial charge in [0.05, 0.1) is 6.54 Å². The second-order valence-electron chi connectivity index (χ2n) is 5.09. The normalized spacial score (nSPS) is 40.4. The van der Waals surface area contributed by atoms with Crippen molar-refractivity contribution in [2.75, 3.05) is 13.1 Å². The summed E-state index contributed by atoms with van der Waals surface area (Å²) in [5.74, 6) is 2.05. The lowest BCUT2D eigenvalue weighted by Crippen LogP contribution is -2.42. The number of carbonyl (C=O) groups is 1. The molecule has 2 aliphatic rings. The maximum absolute atomic E-state index is 11.2. The van der Waals surface area contributed by atoms with E-state index in [0.29, 0.717) is 11.8 Å². The van der Waals surface area contributed by atoms with Crippen molar-refractivity contribution in [2.24, 2.45) is 11.8 Å². The monoisotopic (exact) mass is 195 g/mol.